The summed E-state index contributed by atoms with van der Waals surface area (Å²) in [5, 5.41) is 2.74. The summed E-state index contributed by atoms with van der Waals surface area (Å²) in [6.07, 6.45) is -1.02. The van der Waals surface area contributed by atoms with Gasteiger partial charge in [-0.1, -0.05) is 30.3 Å². The Kier molecular flexibility index (Phi) is 6.73. The van der Waals surface area contributed by atoms with Crippen molar-refractivity contribution in [3.8, 4) is 17.2 Å². The molecule has 4 rings (SSSR count). The van der Waals surface area contributed by atoms with Gasteiger partial charge in [0.15, 0.2) is 17.6 Å². The van der Waals surface area contributed by atoms with E-state index >= 15 is 0 Å². The van der Waals surface area contributed by atoms with Gasteiger partial charge in [-0.2, -0.15) is 0 Å². The Bertz CT molecular complexity index is 1150. The summed E-state index contributed by atoms with van der Waals surface area (Å²) in [7, 11) is 0. The first-order valence-corrected chi connectivity index (χ1v) is 10.3. The molecule has 1 atom stereocenters. The van der Waals surface area contributed by atoms with Gasteiger partial charge in [-0.3, -0.25) is 4.79 Å². The highest BCUT2D eigenvalue weighted by Crippen LogP contribution is 2.32. The van der Waals surface area contributed by atoms with E-state index in [4.69, 9.17) is 18.9 Å². The third-order valence-corrected chi connectivity index (χ3v) is 4.97. The van der Waals surface area contributed by atoms with Gasteiger partial charge in [-0.05, 0) is 54.4 Å². The van der Waals surface area contributed by atoms with Crippen molar-refractivity contribution in [2.75, 3.05) is 6.79 Å². The molecule has 0 spiro atoms. The number of para-hydroxylation sites is 1. The first kappa shape index (κ1) is 22.1. The van der Waals surface area contributed by atoms with Crippen molar-refractivity contribution in [1.82, 2.24) is 5.32 Å². The Morgan fingerprint density at radius 3 is 2.55 bits per heavy atom. The molecule has 0 saturated heterocycles. The molecule has 1 N–H and O–H groups in total. The molecule has 3 aromatic carbocycles. The molecule has 0 bridgehead atoms. The van der Waals surface area contributed by atoms with Crippen LogP contribution in [-0.4, -0.2) is 24.8 Å². The normalized spacial score (nSPS) is 12.7. The largest absolute Gasteiger partial charge is 0.488 e. The van der Waals surface area contributed by atoms with Crippen molar-refractivity contribution >= 4 is 11.9 Å². The van der Waals surface area contributed by atoms with Gasteiger partial charge in [0.05, 0.1) is 0 Å². The van der Waals surface area contributed by atoms with E-state index in [1.54, 1.807) is 48.5 Å². The van der Waals surface area contributed by atoms with E-state index in [1.807, 2.05) is 6.07 Å². The van der Waals surface area contributed by atoms with Crippen molar-refractivity contribution in [3.63, 3.8) is 0 Å². The van der Waals surface area contributed by atoms with Crippen LogP contribution in [0, 0.1) is 5.82 Å². The highest BCUT2D eigenvalue weighted by Gasteiger charge is 2.22. The lowest BCUT2D eigenvalue weighted by atomic mass is 10.2. The second-order valence-corrected chi connectivity index (χ2v) is 7.36. The van der Waals surface area contributed by atoms with Gasteiger partial charge >= 0.3 is 5.97 Å². The summed E-state index contributed by atoms with van der Waals surface area (Å²) in [5.74, 6) is 0.126. The summed E-state index contributed by atoms with van der Waals surface area (Å²) >= 11 is 0. The van der Waals surface area contributed by atoms with Gasteiger partial charge in [-0.25, -0.2) is 9.18 Å². The third-order valence-electron chi connectivity index (χ3n) is 4.97. The molecule has 3 aromatic rings. The van der Waals surface area contributed by atoms with Gasteiger partial charge in [0.25, 0.3) is 5.91 Å². The van der Waals surface area contributed by atoms with E-state index in [9.17, 15) is 14.0 Å². The molecular formula is C25H22FNO6. The monoisotopic (exact) mass is 451 g/mol. The van der Waals surface area contributed by atoms with Crippen LogP contribution in [0.5, 0.6) is 17.2 Å². The van der Waals surface area contributed by atoms with Gasteiger partial charge < -0.3 is 24.3 Å². The number of carbonyl (C=O) groups is 2. The van der Waals surface area contributed by atoms with Gasteiger partial charge in [0.2, 0.25) is 6.79 Å². The van der Waals surface area contributed by atoms with Crippen molar-refractivity contribution in [1.29, 1.82) is 0 Å². The highest BCUT2D eigenvalue weighted by molar-refractivity contribution is 5.94. The molecule has 7 nitrogen and oxygen atoms in total. The maximum Gasteiger partial charge on any atom is 0.342 e. The Morgan fingerprint density at radius 1 is 1.00 bits per heavy atom. The van der Waals surface area contributed by atoms with E-state index in [0.717, 1.165) is 11.1 Å². The lowest BCUT2D eigenvalue weighted by Crippen LogP contribution is -2.35. The van der Waals surface area contributed by atoms with Gasteiger partial charge in [0.1, 0.15) is 23.7 Å². The second-order valence-electron chi connectivity index (χ2n) is 7.36. The molecule has 0 saturated carbocycles. The zero-order chi connectivity index (χ0) is 23.2. The highest BCUT2D eigenvalue weighted by atomic mass is 19.1. The number of benzene rings is 3. The van der Waals surface area contributed by atoms with E-state index in [0.29, 0.717) is 17.2 Å². The quantitative estimate of drug-likeness (QED) is 0.522. The average Bonchev–Trinajstić information content (AvgIpc) is 3.30. The summed E-state index contributed by atoms with van der Waals surface area (Å²) < 4.78 is 34.7. The van der Waals surface area contributed by atoms with Crippen molar-refractivity contribution in [2.45, 2.75) is 26.2 Å². The minimum Gasteiger partial charge on any atom is -0.488 e. The molecule has 0 fully saturated rings. The van der Waals surface area contributed by atoms with Crippen LogP contribution in [0.1, 0.15) is 28.4 Å². The molecule has 8 heteroatoms. The number of nitrogens with one attached hydrogen (secondary N) is 1. The van der Waals surface area contributed by atoms with Crippen LogP contribution in [-0.2, 0) is 22.7 Å². The van der Waals surface area contributed by atoms with Gasteiger partial charge in [0, 0.05) is 6.54 Å². The number of carbonyl (C=O) groups excluding carboxylic acids is 2. The van der Waals surface area contributed by atoms with Crippen LogP contribution in [0.15, 0.2) is 66.7 Å². The number of rotatable bonds is 8. The maximum absolute atomic E-state index is 13.1. The fraction of sp³-hybridized carbons (Fsp3) is 0.200. The molecule has 1 aliphatic heterocycles. The Hall–Kier alpha value is -4.07. The molecule has 1 heterocycles. The van der Waals surface area contributed by atoms with Crippen LogP contribution >= 0.6 is 0 Å². The van der Waals surface area contributed by atoms with Crippen molar-refractivity contribution in [2.24, 2.45) is 0 Å². The molecule has 0 aromatic heterocycles. The predicted molar refractivity (Wildman–Crippen MR) is 116 cm³/mol. The number of hydrogen-bond acceptors (Lipinski definition) is 6. The van der Waals surface area contributed by atoms with Crippen molar-refractivity contribution in [3.05, 3.63) is 89.2 Å². The topological polar surface area (TPSA) is 83.1 Å². The second kappa shape index (κ2) is 10.0. The zero-order valence-corrected chi connectivity index (χ0v) is 17.9. The molecular weight excluding hydrogens is 429 g/mol. The minimum atomic E-state index is -1.02. The molecule has 0 radical (unpaired) electrons. The maximum atomic E-state index is 13.1. The first-order valence-electron chi connectivity index (χ1n) is 10.3. The lowest BCUT2D eigenvalue weighted by Gasteiger charge is -2.15. The molecule has 1 amide bonds. The SMILES string of the molecule is CC(OC(=O)c1ccccc1OCc1ccc(F)cc1)C(=O)NCc1ccc2c(c1)OCO2. The molecule has 0 aliphatic carbocycles. The predicted octanol–water partition coefficient (Wildman–Crippen LogP) is 4.00. The number of esters is 1. The number of amides is 1. The minimum absolute atomic E-state index is 0.149. The average molecular weight is 451 g/mol. The van der Waals surface area contributed by atoms with Crippen LogP contribution in [0.2, 0.25) is 0 Å². The van der Waals surface area contributed by atoms with Gasteiger partial charge in [-0.15, -0.1) is 0 Å². The zero-order valence-electron chi connectivity index (χ0n) is 17.9. The van der Waals surface area contributed by atoms with Crippen LogP contribution in [0.3, 0.4) is 0 Å². The first-order chi connectivity index (χ1) is 16.0. The number of halogens is 1. The Balaban J connectivity index is 1.32. The van der Waals surface area contributed by atoms with E-state index < -0.39 is 18.0 Å². The van der Waals surface area contributed by atoms with E-state index in [1.165, 1.54) is 19.1 Å². The smallest absolute Gasteiger partial charge is 0.342 e. The van der Waals surface area contributed by atoms with Crippen LogP contribution < -0.4 is 19.5 Å². The fourth-order valence-electron chi connectivity index (χ4n) is 3.16. The number of hydrogen-bond donors (Lipinski definition) is 1. The number of fused-ring (bicyclic) bond motifs is 1. The van der Waals surface area contributed by atoms with Crippen molar-refractivity contribution < 1.29 is 32.9 Å². The summed E-state index contributed by atoms with van der Waals surface area (Å²) in [5.41, 5.74) is 1.76. The number of ether oxygens (including phenoxy) is 4. The molecule has 33 heavy (non-hydrogen) atoms. The van der Waals surface area contributed by atoms with Crippen LogP contribution in [0.4, 0.5) is 4.39 Å². The lowest BCUT2D eigenvalue weighted by molar-refractivity contribution is -0.129. The Morgan fingerprint density at radius 2 is 1.73 bits per heavy atom. The third kappa shape index (κ3) is 5.60. The Labute approximate surface area is 190 Å². The van der Waals surface area contributed by atoms with E-state index in [-0.39, 0.29) is 31.3 Å². The summed E-state index contributed by atoms with van der Waals surface area (Å²) in [4.78, 5) is 25.1. The molecule has 170 valence electrons. The summed E-state index contributed by atoms with van der Waals surface area (Å²) in [6.45, 7) is 2.06. The van der Waals surface area contributed by atoms with E-state index in [2.05, 4.69) is 5.32 Å². The van der Waals surface area contributed by atoms with Crippen LogP contribution in [0.25, 0.3) is 0 Å². The molecule has 1 unspecified atom stereocenters. The summed E-state index contributed by atoms with van der Waals surface area (Å²) in [6, 6.07) is 17.8. The molecule has 1 aliphatic rings. The standard InChI is InChI=1S/C25H22FNO6/c1-16(24(28)27-13-18-8-11-22-23(12-18)32-15-31-22)33-25(29)20-4-2-3-5-21(20)30-14-17-6-9-19(26)10-7-17/h2-12,16H,13-15H2,1H3,(H,27,28). The fourth-order valence-corrected chi connectivity index (χ4v) is 3.16.